The minimum atomic E-state index is -3.63. The van der Waals surface area contributed by atoms with Gasteiger partial charge in [-0.25, -0.2) is 13.1 Å². The second-order valence-corrected chi connectivity index (χ2v) is 7.69. The van der Waals surface area contributed by atoms with Crippen molar-refractivity contribution in [1.82, 2.24) is 15.4 Å². The SMILES string of the molecule is CCN[C@H](C)CNC(=O)CCNS(=O)(=O)c1ccc2ccccc2c1.Cl. The number of carbonyl (C=O) groups is 1. The van der Waals surface area contributed by atoms with E-state index in [0.29, 0.717) is 6.54 Å². The Morgan fingerprint density at radius 1 is 1.12 bits per heavy atom. The molecule has 26 heavy (non-hydrogen) atoms. The molecule has 2 aromatic rings. The van der Waals surface area contributed by atoms with Crippen molar-refractivity contribution in [3.05, 3.63) is 42.5 Å². The monoisotopic (exact) mass is 399 g/mol. The van der Waals surface area contributed by atoms with Gasteiger partial charge in [-0.3, -0.25) is 4.79 Å². The lowest BCUT2D eigenvalue weighted by atomic mass is 10.1. The fourth-order valence-corrected chi connectivity index (χ4v) is 3.56. The van der Waals surface area contributed by atoms with E-state index in [2.05, 4.69) is 15.4 Å². The summed E-state index contributed by atoms with van der Waals surface area (Å²) in [5.41, 5.74) is 0. The van der Waals surface area contributed by atoms with E-state index in [1.165, 1.54) is 0 Å². The molecule has 2 rings (SSSR count). The van der Waals surface area contributed by atoms with Gasteiger partial charge in [0.25, 0.3) is 0 Å². The number of sulfonamides is 1. The number of hydrogen-bond donors (Lipinski definition) is 3. The van der Waals surface area contributed by atoms with Gasteiger partial charge >= 0.3 is 0 Å². The third kappa shape index (κ3) is 6.57. The molecule has 2 aromatic carbocycles. The molecule has 0 aliphatic heterocycles. The topological polar surface area (TPSA) is 87.3 Å². The number of hydrogen-bond acceptors (Lipinski definition) is 4. The third-order valence-electron chi connectivity index (χ3n) is 3.83. The third-order valence-corrected chi connectivity index (χ3v) is 5.29. The first kappa shape index (κ1) is 22.4. The molecule has 1 amide bonds. The van der Waals surface area contributed by atoms with Crippen LogP contribution in [0, 0.1) is 0 Å². The zero-order valence-corrected chi connectivity index (χ0v) is 16.6. The van der Waals surface area contributed by atoms with Crippen molar-refractivity contribution >= 4 is 39.1 Å². The average molecular weight is 400 g/mol. The molecule has 0 heterocycles. The summed E-state index contributed by atoms with van der Waals surface area (Å²) in [6.45, 7) is 5.40. The molecule has 0 saturated carbocycles. The summed E-state index contributed by atoms with van der Waals surface area (Å²) in [5.74, 6) is -0.175. The van der Waals surface area contributed by atoms with E-state index in [4.69, 9.17) is 0 Å². The molecular weight excluding hydrogens is 374 g/mol. The molecule has 1 atom stereocenters. The number of nitrogens with one attached hydrogen (secondary N) is 3. The van der Waals surface area contributed by atoms with E-state index in [1.807, 2.05) is 38.1 Å². The molecule has 0 fully saturated rings. The minimum absolute atomic E-state index is 0. The summed E-state index contributed by atoms with van der Waals surface area (Å²) in [5, 5.41) is 7.82. The quantitative estimate of drug-likeness (QED) is 0.602. The first-order valence-electron chi connectivity index (χ1n) is 8.41. The van der Waals surface area contributed by atoms with Gasteiger partial charge in [-0.2, -0.15) is 0 Å². The van der Waals surface area contributed by atoms with Crippen LogP contribution in [-0.4, -0.2) is 40.0 Å². The Balaban J connectivity index is 0.00000338. The van der Waals surface area contributed by atoms with Crippen molar-refractivity contribution in [3.63, 3.8) is 0 Å². The largest absolute Gasteiger partial charge is 0.355 e. The molecule has 0 radical (unpaired) electrons. The molecular formula is C18H26ClN3O3S. The van der Waals surface area contributed by atoms with Crippen molar-refractivity contribution in [2.75, 3.05) is 19.6 Å². The van der Waals surface area contributed by atoms with E-state index in [9.17, 15) is 13.2 Å². The molecule has 144 valence electrons. The smallest absolute Gasteiger partial charge is 0.240 e. The van der Waals surface area contributed by atoms with Gasteiger partial charge in [0.05, 0.1) is 4.90 Å². The fourth-order valence-electron chi connectivity index (χ4n) is 2.49. The minimum Gasteiger partial charge on any atom is -0.355 e. The van der Waals surface area contributed by atoms with Crippen LogP contribution in [0.25, 0.3) is 10.8 Å². The summed E-state index contributed by atoms with van der Waals surface area (Å²) in [4.78, 5) is 12.0. The number of benzene rings is 2. The van der Waals surface area contributed by atoms with Crippen LogP contribution in [0.3, 0.4) is 0 Å². The predicted octanol–water partition coefficient (Wildman–Crippen LogP) is 2.04. The molecule has 0 saturated heterocycles. The molecule has 0 aromatic heterocycles. The first-order valence-corrected chi connectivity index (χ1v) is 9.89. The van der Waals surface area contributed by atoms with E-state index < -0.39 is 10.0 Å². The van der Waals surface area contributed by atoms with Crippen molar-refractivity contribution in [1.29, 1.82) is 0 Å². The maximum atomic E-state index is 12.4. The molecule has 6 nitrogen and oxygen atoms in total. The van der Waals surface area contributed by atoms with Gasteiger partial charge in [0.2, 0.25) is 15.9 Å². The van der Waals surface area contributed by atoms with Crippen LogP contribution in [0.15, 0.2) is 47.4 Å². The van der Waals surface area contributed by atoms with Gasteiger partial charge in [0.15, 0.2) is 0 Å². The number of likely N-dealkylation sites (N-methyl/N-ethyl adjacent to an activating group) is 1. The lowest BCUT2D eigenvalue weighted by Crippen LogP contribution is -2.39. The Hall–Kier alpha value is -1.67. The fraction of sp³-hybridized carbons (Fsp3) is 0.389. The number of rotatable bonds is 9. The van der Waals surface area contributed by atoms with Gasteiger partial charge in [-0.05, 0) is 36.4 Å². The summed E-state index contributed by atoms with van der Waals surface area (Å²) < 4.78 is 27.2. The number of fused-ring (bicyclic) bond motifs is 1. The van der Waals surface area contributed by atoms with Crippen molar-refractivity contribution < 1.29 is 13.2 Å². The molecule has 0 unspecified atom stereocenters. The lowest BCUT2D eigenvalue weighted by molar-refractivity contribution is -0.121. The maximum Gasteiger partial charge on any atom is 0.240 e. The van der Waals surface area contributed by atoms with Gasteiger partial charge < -0.3 is 10.6 Å². The van der Waals surface area contributed by atoms with Crippen LogP contribution in [0.1, 0.15) is 20.3 Å². The van der Waals surface area contributed by atoms with E-state index in [0.717, 1.165) is 17.3 Å². The van der Waals surface area contributed by atoms with Crippen molar-refractivity contribution in [3.8, 4) is 0 Å². The number of halogens is 1. The van der Waals surface area contributed by atoms with E-state index in [1.54, 1.807) is 18.2 Å². The van der Waals surface area contributed by atoms with Crippen LogP contribution >= 0.6 is 12.4 Å². The summed E-state index contributed by atoms with van der Waals surface area (Å²) in [7, 11) is -3.63. The Labute approximate surface area is 161 Å². The molecule has 0 aliphatic carbocycles. The molecule has 0 spiro atoms. The zero-order valence-electron chi connectivity index (χ0n) is 15.0. The highest BCUT2D eigenvalue weighted by atomic mass is 35.5. The predicted molar refractivity (Wildman–Crippen MR) is 107 cm³/mol. The summed E-state index contributed by atoms with van der Waals surface area (Å²) in [6.07, 6.45) is 0.103. The van der Waals surface area contributed by atoms with E-state index in [-0.39, 0.29) is 42.2 Å². The highest BCUT2D eigenvalue weighted by molar-refractivity contribution is 7.89. The first-order chi connectivity index (χ1) is 11.9. The van der Waals surface area contributed by atoms with Crippen molar-refractivity contribution in [2.45, 2.75) is 31.2 Å². The zero-order chi connectivity index (χ0) is 18.3. The van der Waals surface area contributed by atoms with Crippen molar-refractivity contribution in [2.24, 2.45) is 0 Å². The molecule has 0 aliphatic rings. The lowest BCUT2D eigenvalue weighted by Gasteiger charge is -2.13. The standard InChI is InChI=1S/C18H25N3O3S.ClH/c1-3-19-14(2)13-20-18(22)10-11-21-25(23,24)17-9-8-15-6-4-5-7-16(15)12-17;/h4-9,12,14,19,21H,3,10-11,13H2,1-2H3,(H,20,22);1H/t14-;/m1./s1. The Morgan fingerprint density at radius 3 is 2.50 bits per heavy atom. The van der Waals surface area contributed by atoms with E-state index >= 15 is 0 Å². The van der Waals surface area contributed by atoms with Gasteiger partial charge in [0, 0.05) is 25.6 Å². The van der Waals surface area contributed by atoms with Crippen LogP contribution in [0.2, 0.25) is 0 Å². The Bertz CT molecular complexity index is 827. The second kappa shape index (κ2) is 10.5. The number of amides is 1. The number of carbonyl (C=O) groups excluding carboxylic acids is 1. The highest BCUT2D eigenvalue weighted by Gasteiger charge is 2.14. The molecule has 0 bridgehead atoms. The van der Waals surface area contributed by atoms with Gasteiger partial charge in [0.1, 0.15) is 0 Å². The Kier molecular flexibility index (Phi) is 9.01. The molecule has 8 heteroatoms. The normalized spacial score (nSPS) is 12.4. The second-order valence-electron chi connectivity index (χ2n) is 5.92. The van der Waals surface area contributed by atoms with Crippen LogP contribution in [-0.2, 0) is 14.8 Å². The molecule has 3 N–H and O–H groups in total. The van der Waals surface area contributed by atoms with Gasteiger partial charge in [-0.1, -0.05) is 37.3 Å². The summed E-state index contributed by atoms with van der Waals surface area (Å²) >= 11 is 0. The van der Waals surface area contributed by atoms with Crippen LogP contribution in [0.5, 0.6) is 0 Å². The maximum absolute atomic E-state index is 12.4. The summed E-state index contributed by atoms with van der Waals surface area (Å²) in [6, 6.07) is 12.7. The van der Waals surface area contributed by atoms with Gasteiger partial charge in [-0.15, -0.1) is 12.4 Å². The van der Waals surface area contributed by atoms with Crippen LogP contribution < -0.4 is 15.4 Å². The van der Waals surface area contributed by atoms with Crippen LogP contribution in [0.4, 0.5) is 0 Å². The Morgan fingerprint density at radius 2 is 1.81 bits per heavy atom. The average Bonchev–Trinajstić information content (AvgIpc) is 2.59. The highest BCUT2D eigenvalue weighted by Crippen LogP contribution is 2.18.